The zero-order valence-corrected chi connectivity index (χ0v) is 33.6. The third kappa shape index (κ3) is 10.0. The number of nitrogens with zero attached hydrogens (tertiary/aromatic N) is 1. The van der Waals surface area contributed by atoms with Crippen molar-refractivity contribution in [3.63, 3.8) is 0 Å². The summed E-state index contributed by atoms with van der Waals surface area (Å²) in [6.07, 6.45) is 1.93. The molecule has 1 heterocycles. The van der Waals surface area contributed by atoms with Crippen molar-refractivity contribution in [2.75, 3.05) is 0 Å². The fourth-order valence-corrected chi connectivity index (χ4v) is 14.0. The largest absolute Gasteiger partial charge is 0.464 e. The summed E-state index contributed by atoms with van der Waals surface area (Å²) in [6, 6.07) is 75.5. The Labute approximate surface area is 326 Å². The van der Waals surface area contributed by atoms with Crippen LogP contribution in [0.1, 0.15) is 5.56 Å². The molecule has 0 spiro atoms. The van der Waals surface area contributed by atoms with Gasteiger partial charge in [-0.1, -0.05) is 121 Å². The van der Waals surface area contributed by atoms with Gasteiger partial charge in [-0.2, -0.15) is 0 Å². The smallest absolute Gasteiger partial charge is 0.150 e. The van der Waals surface area contributed by atoms with Gasteiger partial charge in [0.2, 0.25) is 0 Å². The SMILES string of the molecule is Cc1ccnc([As](c2ccccc2)c2ccccc2)c1.c1ccc(P(Oc2ccc(OP(c3ccccc3)c3ccccc3)cc2)c2ccccc2)cc1. The van der Waals surface area contributed by atoms with E-state index >= 15 is 0 Å². The van der Waals surface area contributed by atoms with Crippen LogP contribution >= 0.6 is 16.3 Å². The summed E-state index contributed by atoms with van der Waals surface area (Å²) in [5, 5.41) is 4.72. The molecule has 0 radical (unpaired) electrons. The minimum absolute atomic E-state index is 0.829. The number of hydrogen-bond donors (Lipinski definition) is 0. The van der Waals surface area contributed by atoms with Crippen molar-refractivity contribution < 1.29 is 9.05 Å². The Bertz CT molecular complexity index is 2060. The molecule has 8 rings (SSSR count). The van der Waals surface area contributed by atoms with Gasteiger partial charge < -0.3 is 9.05 Å². The number of rotatable bonds is 11. The van der Waals surface area contributed by atoms with Crippen molar-refractivity contribution in [1.82, 2.24) is 4.98 Å². The minimum Gasteiger partial charge on any atom is -0.464 e. The quantitative estimate of drug-likeness (QED) is 0.0973. The van der Waals surface area contributed by atoms with E-state index in [2.05, 4.69) is 182 Å². The van der Waals surface area contributed by atoms with Crippen molar-refractivity contribution in [2.24, 2.45) is 0 Å². The molecular weight excluding hydrogens is 759 g/mol. The van der Waals surface area contributed by atoms with E-state index in [0.29, 0.717) is 0 Å². The topological polar surface area (TPSA) is 31.4 Å². The number of aryl methyl sites for hydroxylation is 1. The van der Waals surface area contributed by atoms with E-state index in [0.717, 1.165) is 11.5 Å². The first-order valence-electron chi connectivity index (χ1n) is 17.8. The van der Waals surface area contributed by atoms with Crippen LogP contribution in [0.15, 0.2) is 225 Å². The molecule has 0 saturated carbocycles. The van der Waals surface area contributed by atoms with Crippen LogP contribution in [0.3, 0.4) is 0 Å². The van der Waals surface area contributed by atoms with Crippen molar-refractivity contribution in [3.05, 3.63) is 230 Å². The molecule has 0 amide bonds. The van der Waals surface area contributed by atoms with Crippen LogP contribution in [-0.2, 0) is 0 Å². The van der Waals surface area contributed by atoms with E-state index in [1.54, 1.807) is 0 Å². The van der Waals surface area contributed by atoms with E-state index in [4.69, 9.17) is 9.05 Å². The Balaban J connectivity index is 0.000000191. The first-order valence-corrected chi connectivity index (χ1v) is 23.1. The van der Waals surface area contributed by atoms with Crippen LogP contribution in [-0.4, -0.2) is 19.6 Å². The predicted molar refractivity (Wildman–Crippen MR) is 232 cm³/mol. The molecule has 0 aliphatic carbocycles. The van der Waals surface area contributed by atoms with Crippen molar-refractivity contribution in [2.45, 2.75) is 6.92 Å². The second-order valence-corrected chi connectivity index (χ2v) is 20.4. The van der Waals surface area contributed by atoms with Gasteiger partial charge in [-0.25, -0.2) is 0 Å². The summed E-state index contributed by atoms with van der Waals surface area (Å²) in [5.74, 6) is 1.66. The molecule has 3 nitrogen and oxygen atoms in total. The zero-order chi connectivity index (χ0) is 36.8. The maximum absolute atomic E-state index is 6.53. The number of benzene rings is 7. The number of aromatic nitrogens is 1. The van der Waals surface area contributed by atoms with Crippen molar-refractivity contribution in [3.8, 4) is 11.5 Å². The molecule has 0 atom stereocenters. The molecule has 0 aliphatic rings. The maximum Gasteiger partial charge on any atom is 0.150 e. The fraction of sp³-hybridized carbons (Fsp3) is 0.0208. The summed E-state index contributed by atoms with van der Waals surface area (Å²) in [6.45, 7) is 2.13. The zero-order valence-electron chi connectivity index (χ0n) is 30.0. The minimum atomic E-state index is -1.53. The molecule has 0 unspecified atom stereocenters. The van der Waals surface area contributed by atoms with Crippen LogP contribution in [0.5, 0.6) is 11.5 Å². The van der Waals surface area contributed by atoms with Crippen LogP contribution in [0.25, 0.3) is 0 Å². The van der Waals surface area contributed by atoms with Gasteiger partial charge in [0, 0.05) is 21.2 Å². The van der Waals surface area contributed by atoms with Gasteiger partial charge in [0.15, 0.2) is 16.3 Å². The predicted octanol–water partition coefficient (Wildman–Crippen LogP) is 8.45. The summed E-state index contributed by atoms with van der Waals surface area (Å²) < 4.78 is 17.1. The van der Waals surface area contributed by atoms with Crippen LogP contribution in [0, 0.1) is 6.92 Å². The monoisotopic (exact) mass is 799 g/mol. The first kappa shape index (κ1) is 37.0. The van der Waals surface area contributed by atoms with Crippen molar-refractivity contribution >= 4 is 65.4 Å². The Morgan fingerprint density at radius 3 is 1.02 bits per heavy atom. The first-order chi connectivity index (χ1) is 26.7. The summed E-state index contributed by atoms with van der Waals surface area (Å²) in [7, 11) is -1.93. The third-order valence-electron chi connectivity index (χ3n) is 8.34. The molecule has 7 aromatic carbocycles. The summed E-state index contributed by atoms with van der Waals surface area (Å²) in [4.78, 5) is 4.66. The third-order valence-corrected chi connectivity index (χ3v) is 17.1. The van der Waals surface area contributed by atoms with Gasteiger partial charge in [0.25, 0.3) is 0 Å². The van der Waals surface area contributed by atoms with Gasteiger partial charge in [0.05, 0.1) is 0 Å². The van der Waals surface area contributed by atoms with E-state index in [1.165, 1.54) is 40.0 Å². The Kier molecular flexibility index (Phi) is 13.1. The molecule has 264 valence electrons. The van der Waals surface area contributed by atoms with Gasteiger partial charge >= 0.3 is 124 Å². The van der Waals surface area contributed by atoms with Crippen molar-refractivity contribution in [1.29, 1.82) is 0 Å². The second-order valence-electron chi connectivity index (χ2n) is 12.3. The molecule has 1 aromatic heterocycles. The van der Waals surface area contributed by atoms with E-state index in [1.807, 2.05) is 54.7 Å². The summed E-state index contributed by atoms with van der Waals surface area (Å²) in [5.41, 5.74) is 1.28. The molecule has 8 aromatic rings. The molecule has 0 aliphatic heterocycles. The normalized spacial score (nSPS) is 10.8. The van der Waals surface area contributed by atoms with Gasteiger partial charge in [0.1, 0.15) is 11.5 Å². The number of hydrogen-bond acceptors (Lipinski definition) is 3. The standard InChI is InChI=1S/C30H24O2P2.C18H16AsN/c1-5-13-27(14-6-1)33(28-15-7-2-8-16-28)31-25-21-23-26(24-22-25)32-34(29-17-9-3-10-18-29)30-19-11-4-12-20-30;1-15-12-13-20-18(14-15)19(16-8-4-2-5-9-16)17-10-6-3-7-11-17/h1-24H;2-14H,1H3. The average Bonchev–Trinajstić information content (AvgIpc) is 3.25. The molecule has 6 heteroatoms. The fourth-order valence-electron chi connectivity index (χ4n) is 5.74. The summed E-state index contributed by atoms with van der Waals surface area (Å²) >= 11 is -1.53. The van der Waals surface area contributed by atoms with Crippen LogP contribution in [0.4, 0.5) is 0 Å². The molecule has 0 N–H and O–H groups in total. The van der Waals surface area contributed by atoms with E-state index < -0.39 is 30.9 Å². The van der Waals surface area contributed by atoms with Crippen LogP contribution in [0.2, 0.25) is 0 Å². The number of pyridine rings is 1. The molecule has 0 fully saturated rings. The van der Waals surface area contributed by atoms with E-state index in [9.17, 15) is 0 Å². The molecular formula is C48H40AsNO2P2. The molecule has 0 saturated heterocycles. The Hall–Kier alpha value is -5.29. The van der Waals surface area contributed by atoms with Gasteiger partial charge in [-0.15, -0.1) is 0 Å². The maximum atomic E-state index is 6.53. The van der Waals surface area contributed by atoms with E-state index in [-0.39, 0.29) is 0 Å². The molecule has 0 bridgehead atoms. The average molecular weight is 800 g/mol. The van der Waals surface area contributed by atoms with Gasteiger partial charge in [-0.05, 0) is 24.3 Å². The van der Waals surface area contributed by atoms with Crippen LogP contribution < -0.4 is 43.4 Å². The Morgan fingerprint density at radius 1 is 0.389 bits per heavy atom. The molecule has 54 heavy (non-hydrogen) atoms. The second kappa shape index (κ2) is 19.2. The Morgan fingerprint density at radius 2 is 0.704 bits per heavy atom. The van der Waals surface area contributed by atoms with Gasteiger partial charge in [-0.3, -0.25) is 0 Å².